The summed E-state index contributed by atoms with van der Waals surface area (Å²) in [7, 11) is -0.186. The molecule has 0 aliphatic carbocycles. The summed E-state index contributed by atoms with van der Waals surface area (Å²) in [5.74, 6) is 0. The number of nitrogens with zero attached hydrogens (tertiary/aromatic N) is 1. The van der Waals surface area contributed by atoms with Gasteiger partial charge in [-0.15, -0.1) is 0 Å². The van der Waals surface area contributed by atoms with Gasteiger partial charge in [0.2, 0.25) is 0 Å². The summed E-state index contributed by atoms with van der Waals surface area (Å²) in [5.41, 5.74) is 1.26. The molecule has 5 heteroatoms. The molecule has 1 aromatic carbocycles. The molecule has 0 amide bonds. The zero-order chi connectivity index (χ0) is 13.3. The third kappa shape index (κ3) is 4.26. The molecule has 0 heterocycles. The van der Waals surface area contributed by atoms with Crippen molar-refractivity contribution in [3.05, 3.63) is 29.8 Å². The normalized spacial score (nSPS) is 13.1. The first-order valence-corrected chi connectivity index (χ1v) is 17.7. The molecular weight excluding hydrogens is 341 g/mol. The van der Waals surface area contributed by atoms with Crippen LogP contribution in [0.5, 0.6) is 0 Å². The molecule has 0 spiro atoms. The first-order chi connectivity index (χ1) is 7.63. The van der Waals surface area contributed by atoms with Gasteiger partial charge < -0.3 is 0 Å². The predicted octanol–water partition coefficient (Wildman–Crippen LogP) is 2.36. The van der Waals surface area contributed by atoms with Crippen LogP contribution < -0.4 is 0 Å². The third-order valence-corrected chi connectivity index (χ3v) is 8.46. The zero-order valence-electron chi connectivity index (χ0n) is 11.2. The van der Waals surface area contributed by atoms with Gasteiger partial charge in [-0.3, -0.25) is 0 Å². The van der Waals surface area contributed by atoms with Crippen LogP contribution in [0.25, 0.3) is 0 Å². The zero-order valence-corrected chi connectivity index (χ0v) is 14.9. The maximum absolute atomic E-state index is 11.9. The number of sulfonamides is 1. The van der Waals surface area contributed by atoms with Gasteiger partial charge in [0.25, 0.3) is 0 Å². The number of hydrogen-bond acceptors (Lipinski definition) is 2. The average molecular weight is 362 g/mol. The van der Waals surface area contributed by atoms with E-state index in [0.29, 0.717) is 4.90 Å². The van der Waals surface area contributed by atoms with Crippen LogP contribution in [0, 0.1) is 0 Å². The number of benzene rings is 1. The Hall–Kier alpha value is -0.0713. The first-order valence-electron chi connectivity index (χ1n) is 5.64. The molecule has 0 aliphatic heterocycles. The van der Waals surface area contributed by atoms with Crippen molar-refractivity contribution in [1.82, 2.24) is 4.31 Å². The molecule has 3 nitrogen and oxygen atoms in total. The van der Waals surface area contributed by atoms with Crippen molar-refractivity contribution < 1.29 is 8.42 Å². The molecule has 1 aromatic rings. The van der Waals surface area contributed by atoms with E-state index in [-0.39, 0.29) is 0 Å². The van der Waals surface area contributed by atoms with Crippen molar-refractivity contribution in [2.45, 2.75) is 24.2 Å². The first kappa shape index (κ1) is 15.0. The summed E-state index contributed by atoms with van der Waals surface area (Å²) >= 11 is -1.84. The fraction of sp³-hybridized carbons (Fsp3) is 0.500. The average Bonchev–Trinajstić information content (AvgIpc) is 2.15. The van der Waals surface area contributed by atoms with Crippen LogP contribution in [0.15, 0.2) is 29.2 Å². The SMILES string of the molecule is CN(C)S(=O)(=O)c1ccc([CH2][Sn]([CH3])([CH3])[CH3])cc1. The molecule has 0 aliphatic rings. The van der Waals surface area contributed by atoms with E-state index >= 15 is 0 Å². The molecule has 0 saturated carbocycles. The van der Waals surface area contributed by atoms with E-state index in [0.717, 1.165) is 4.44 Å². The Labute approximate surface area is 109 Å². The number of rotatable bonds is 4. The van der Waals surface area contributed by atoms with Gasteiger partial charge in [-0.2, -0.15) is 0 Å². The van der Waals surface area contributed by atoms with Crippen LogP contribution in [-0.2, 0) is 14.5 Å². The van der Waals surface area contributed by atoms with E-state index in [1.165, 1.54) is 9.87 Å². The van der Waals surface area contributed by atoms with Crippen LogP contribution in [-0.4, -0.2) is 45.2 Å². The quantitative estimate of drug-likeness (QED) is 0.772. The Morgan fingerprint density at radius 3 is 1.88 bits per heavy atom. The summed E-state index contributed by atoms with van der Waals surface area (Å²) in [6, 6.07) is 7.31. The Morgan fingerprint density at radius 2 is 1.53 bits per heavy atom. The van der Waals surface area contributed by atoms with E-state index in [2.05, 4.69) is 14.8 Å². The van der Waals surface area contributed by atoms with Crippen LogP contribution in [0.3, 0.4) is 0 Å². The molecule has 96 valence electrons. The molecule has 0 atom stereocenters. The van der Waals surface area contributed by atoms with E-state index in [4.69, 9.17) is 0 Å². The summed E-state index contributed by atoms with van der Waals surface area (Å²) in [6.45, 7) is 0. The van der Waals surface area contributed by atoms with E-state index in [1.807, 2.05) is 12.1 Å². The molecule has 0 fully saturated rings. The molecule has 0 saturated heterocycles. The monoisotopic (exact) mass is 363 g/mol. The standard InChI is InChI=1S/C9H12NO2S.3CH3.Sn/c1-8-4-6-9(7-5-8)13(11,12)10(2)3;;;;/h4-7H,1H2,2-3H3;3*1H3;. The van der Waals surface area contributed by atoms with Gasteiger partial charge in [-0.05, 0) is 0 Å². The molecule has 0 N–H and O–H groups in total. The summed E-state index contributed by atoms with van der Waals surface area (Å²) < 4.78 is 26.1. The van der Waals surface area contributed by atoms with Crippen LogP contribution in [0.1, 0.15) is 5.56 Å². The molecule has 0 unspecified atom stereocenters. The fourth-order valence-corrected chi connectivity index (χ4v) is 6.67. The Balaban J connectivity index is 2.97. The van der Waals surface area contributed by atoms with Gasteiger partial charge in [0.15, 0.2) is 0 Å². The Kier molecular flexibility index (Phi) is 4.66. The topological polar surface area (TPSA) is 37.4 Å². The molecule has 17 heavy (non-hydrogen) atoms. The Morgan fingerprint density at radius 1 is 1.06 bits per heavy atom. The third-order valence-electron chi connectivity index (χ3n) is 2.44. The molecule has 0 aromatic heterocycles. The number of hydrogen-bond donors (Lipinski definition) is 0. The fourth-order valence-electron chi connectivity index (χ4n) is 1.60. The van der Waals surface area contributed by atoms with Crippen LogP contribution in [0.4, 0.5) is 0 Å². The van der Waals surface area contributed by atoms with Gasteiger partial charge in [0, 0.05) is 0 Å². The molecule has 1 rings (SSSR count). The minimum atomic E-state index is -3.29. The predicted molar refractivity (Wildman–Crippen MR) is 74.4 cm³/mol. The van der Waals surface area contributed by atoms with Crippen molar-refractivity contribution in [3.63, 3.8) is 0 Å². The van der Waals surface area contributed by atoms with Crippen LogP contribution >= 0.6 is 0 Å². The Bertz CT molecular complexity index is 472. The summed E-state index contributed by atoms with van der Waals surface area (Å²) in [5, 5.41) is 0. The van der Waals surface area contributed by atoms with Gasteiger partial charge in [0.05, 0.1) is 0 Å². The second kappa shape index (κ2) is 5.28. The second-order valence-electron chi connectivity index (χ2n) is 5.67. The summed E-state index contributed by atoms with van der Waals surface area (Å²) in [6.07, 6.45) is 0. The van der Waals surface area contributed by atoms with Gasteiger partial charge in [-0.1, -0.05) is 0 Å². The van der Waals surface area contributed by atoms with Crippen molar-refractivity contribution >= 4 is 28.4 Å². The van der Waals surface area contributed by atoms with Crippen LogP contribution in [0.2, 0.25) is 14.8 Å². The van der Waals surface area contributed by atoms with E-state index in [9.17, 15) is 8.42 Å². The second-order valence-corrected chi connectivity index (χ2v) is 23.4. The summed E-state index contributed by atoms with van der Waals surface area (Å²) in [4.78, 5) is 7.49. The maximum atomic E-state index is 11.9. The van der Waals surface area contributed by atoms with Crippen molar-refractivity contribution in [1.29, 1.82) is 0 Å². The van der Waals surface area contributed by atoms with Crippen molar-refractivity contribution in [2.75, 3.05) is 14.1 Å². The minimum absolute atomic E-state index is 0.371. The molecule has 0 radical (unpaired) electrons. The van der Waals surface area contributed by atoms with E-state index in [1.54, 1.807) is 26.2 Å². The van der Waals surface area contributed by atoms with Gasteiger partial charge in [-0.25, -0.2) is 0 Å². The van der Waals surface area contributed by atoms with Crippen molar-refractivity contribution in [2.24, 2.45) is 0 Å². The van der Waals surface area contributed by atoms with Gasteiger partial charge in [0.1, 0.15) is 0 Å². The van der Waals surface area contributed by atoms with Crippen molar-refractivity contribution in [3.8, 4) is 0 Å². The van der Waals surface area contributed by atoms with E-state index < -0.39 is 28.4 Å². The molecular formula is C12H21NO2SSn. The molecule has 0 bridgehead atoms. The van der Waals surface area contributed by atoms with Gasteiger partial charge >= 0.3 is 109 Å².